The Morgan fingerprint density at radius 1 is 1.14 bits per heavy atom. The van der Waals surface area contributed by atoms with E-state index in [0.29, 0.717) is 38.9 Å². The molecule has 0 bridgehead atoms. The lowest BCUT2D eigenvalue weighted by atomic mass is 9.86. The van der Waals surface area contributed by atoms with E-state index in [9.17, 15) is 14.7 Å². The molecule has 0 spiro atoms. The molecule has 1 N–H and O–H groups in total. The Labute approximate surface area is 202 Å². The molecule has 2 heterocycles. The highest BCUT2D eigenvalue weighted by atomic mass is 16.6. The lowest BCUT2D eigenvalue weighted by Crippen LogP contribution is -2.52. The first-order valence-corrected chi connectivity index (χ1v) is 11.4. The topological polar surface area (TPSA) is 90.2 Å². The summed E-state index contributed by atoms with van der Waals surface area (Å²) in [4.78, 5) is 27.7. The van der Waals surface area contributed by atoms with E-state index in [1.807, 2.05) is 48.0 Å². The Bertz CT molecular complexity index is 1570. The van der Waals surface area contributed by atoms with Gasteiger partial charge in [0.15, 0.2) is 6.10 Å². The standard InChI is InChI=1S/C27H28N2O6/c1-27(2)25(34-26(32)28(3)4)24(31)21-18(35-27)13-17(33-6)20-22(21)29(5)16-12-11-14-9-7-8-10-15(14)19(16)23(20)30/h7-13,24-25,31H,1-6H3/t24-,25-/m1/s1. The summed E-state index contributed by atoms with van der Waals surface area (Å²) in [7, 11) is 6.48. The molecule has 35 heavy (non-hydrogen) atoms. The van der Waals surface area contributed by atoms with E-state index in [-0.39, 0.29) is 5.43 Å². The highest BCUT2D eigenvalue weighted by molar-refractivity contribution is 6.11. The summed E-state index contributed by atoms with van der Waals surface area (Å²) in [5, 5.41) is 14.3. The minimum atomic E-state index is -1.24. The quantitative estimate of drug-likeness (QED) is 0.346. The number of methoxy groups -OCH3 is 1. The van der Waals surface area contributed by atoms with Crippen LogP contribution in [0.15, 0.2) is 47.3 Å². The number of hydrogen-bond acceptors (Lipinski definition) is 6. The molecule has 0 fully saturated rings. The van der Waals surface area contributed by atoms with Crippen molar-refractivity contribution in [2.45, 2.75) is 31.7 Å². The summed E-state index contributed by atoms with van der Waals surface area (Å²) in [6.07, 6.45) is -2.85. The van der Waals surface area contributed by atoms with Crippen molar-refractivity contribution in [3.63, 3.8) is 0 Å². The Kier molecular flexibility index (Phi) is 5.18. The van der Waals surface area contributed by atoms with Crippen LogP contribution >= 0.6 is 0 Å². The van der Waals surface area contributed by atoms with E-state index in [4.69, 9.17) is 14.2 Å². The molecule has 1 aliphatic rings. The monoisotopic (exact) mass is 476 g/mol. The zero-order chi connectivity index (χ0) is 25.2. The third-order valence-corrected chi connectivity index (χ3v) is 6.78. The first kappa shape index (κ1) is 23.0. The van der Waals surface area contributed by atoms with Gasteiger partial charge in [-0.2, -0.15) is 0 Å². The number of amides is 1. The predicted octanol–water partition coefficient (Wildman–Crippen LogP) is 4.12. The molecule has 1 amide bonds. The van der Waals surface area contributed by atoms with Crippen molar-refractivity contribution in [1.29, 1.82) is 0 Å². The number of nitrogens with zero attached hydrogens (tertiary/aromatic N) is 2. The molecule has 0 radical (unpaired) electrons. The summed E-state index contributed by atoms with van der Waals surface area (Å²) in [6.45, 7) is 3.49. The van der Waals surface area contributed by atoms with Crippen molar-refractivity contribution >= 4 is 38.7 Å². The van der Waals surface area contributed by atoms with E-state index >= 15 is 0 Å². The number of pyridine rings is 1. The minimum Gasteiger partial charge on any atom is -0.496 e. The molecular formula is C27H28N2O6. The third-order valence-electron chi connectivity index (χ3n) is 6.78. The Morgan fingerprint density at radius 3 is 2.54 bits per heavy atom. The fourth-order valence-corrected chi connectivity index (χ4v) is 5.05. The molecule has 5 rings (SSSR count). The molecule has 1 aromatic heterocycles. The Balaban J connectivity index is 1.89. The van der Waals surface area contributed by atoms with Gasteiger partial charge in [-0.15, -0.1) is 0 Å². The SMILES string of the molecule is COc1cc2c(c3c1c(=O)c1c4ccccc4ccc1n3C)[C@@H](O)[C@@H](OC(=O)N(C)C)C(C)(C)O2. The van der Waals surface area contributed by atoms with Gasteiger partial charge in [-0.1, -0.05) is 30.3 Å². The average Bonchev–Trinajstić information content (AvgIpc) is 2.82. The molecule has 8 nitrogen and oxygen atoms in total. The molecule has 182 valence electrons. The van der Waals surface area contributed by atoms with Gasteiger partial charge < -0.3 is 28.8 Å². The Morgan fingerprint density at radius 2 is 1.86 bits per heavy atom. The fraction of sp³-hybridized carbons (Fsp3) is 0.333. The maximum absolute atomic E-state index is 14.0. The molecule has 8 heteroatoms. The number of aryl methyl sites for hydroxylation is 1. The largest absolute Gasteiger partial charge is 0.496 e. The van der Waals surface area contributed by atoms with E-state index in [0.717, 1.165) is 10.8 Å². The van der Waals surface area contributed by atoms with Crippen LogP contribution < -0.4 is 14.9 Å². The summed E-state index contributed by atoms with van der Waals surface area (Å²) in [6, 6.07) is 13.2. The lowest BCUT2D eigenvalue weighted by molar-refractivity contribution is -0.118. The molecule has 0 saturated carbocycles. The number of hydrogen-bond donors (Lipinski definition) is 1. The first-order chi connectivity index (χ1) is 16.6. The molecule has 3 aromatic carbocycles. The molecule has 0 unspecified atom stereocenters. The van der Waals surface area contributed by atoms with Crippen molar-refractivity contribution in [2.75, 3.05) is 21.2 Å². The number of ether oxygens (including phenoxy) is 3. The molecule has 0 saturated heterocycles. The van der Waals surface area contributed by atoms with E-state index in [1.54, 1.807) is 34.0 Å². The van der Waals surface area contributed by atoms with Crippen LogP contribution in [0, 0.1) is 0 Å². The van der Waals surface area contributed by atoms with Gasteiger partial charge in [0.25, 0.3) is 0 Å². The summed E-state index contributed by atoms with van der Waals surface area (Å²) in [5.74, 6) is 0.722. The highest BCUT2D eigenvalue weighted by Crippen LogP contribution is 2.47. The van der Waals surface area contributed by atoms with Crippen LogP contribution in [-0.2, 0) is 11.8 Å². The molecule has 2 atom stereocenters. The van der Waals surface area contributed by atoms with Crippen molar-refractivity contribution in [2.24, 2.45) is 7.05 Å². The van der Waals surface area contributed by atoms with Gasteiger partial charge in [0, 0.05) is 27.2 Å². The summed E-state index contributed by atoms with van der Waals surface area (Å²) in [5.41, 5.74) is 0.314. The average molecular weight is 477 g/mol. The van der Waals surface area contributed by atoms with E-state index < -0.39 is 23.9 Å². The van der Waals surface area contributed by atoms with Crippen LogP contribution in [0.25, 0.3) is 32.6 Å². The van der Waals surface area contributed by atoms with Gasteiger partial charge in [0.1, 0.15) is 23.2 Å². The van der Waals surface area contributed by atoms with Gasteiger partial charge in [-0.3, -0.25) is 4.79 Å². The molecule has 0 aliphatic carbocycles. The van der Waals surface area contributed by atoms with Crippen LogP contribution in [0.4, 0.5) is 4.79 Å². The number of fused-ring (bicyclic) bond motifs is 6. The zero-order valence-corrected chi connectivity index (χ0v) is 20.6. The van der Waals surface area contributed by atoms with E-state index in [2.05, 4.69) is 0 Å². The van der Waals surface area contributed by atoms with Crippen LogP contribution in [0.1, 0.15) is 25.5 Å². The molecule has 1 aliphatic heterocycles. The normalized spacial score (nSPS) is 18.8. The summed E-state index contributed by atoms with van der Waals surface area (Å²) >= 11 is 0. The van der Waals surface area contributed by atoms with Gasteiger partial charge >= 0.3 is 6.09 Å². The number of aromatic nitrogens is 1. The molecule has 4 aromatic rings. The maximum atomic E-state index is 14.0. The number of carbonyl (C=O) groups excluding carboxylic acids is 1. The van der Waals surface area contributed by atoms with E-state index in [1.165, 1.54) is 12.0 Å². The number of rotatable bonds is 2. The lowest BCUT2D eigenvalue weighted by Gasteiger charge is -2.42. The third kappa shape index (κ3) is 3.31. The first-order valence-electron chi connectivity index (χ1n) is 11.4. The van der Waals surface area contributed by atoms with Crippen molar-refractivity contribution in [1.82, 2.24) is 9.47 Å². The Hall–Kier alpha value is -3.78. The zero-order valence-electron chi connectivity index (χ0n) is 20.6. The van der Waals surface area contributed by atoms with Crippen LogP contribution in [0.3, 0.4) is 0 Å². The van der Waals surface area contributed by atoms with Gasteiger partial charge in [0.05, 0.1) is 34.5 Å². The van der Waals surface area contributed by atoms with Gasteiger partial charge in [-0.25, -0.2) is 4.79 Å². The number of aliphatic hydroxyl groups excluding tert-OH is 1. The van der Waals surface area contributed by atoms with Crippen molar-refractivity contribution < 1.29 is 24.1 Å². The van der Waals surface area contributed by atoms with Crippen LogP contribution in [-0.4, -0.2) is 53.6 Å². The number of aliphatic hydroxyl groups is 1. The fourth-order valence-electron chi connectivity index (χ4n) is 5.05. The summed E-state index contributed by atoms with van der Waals surface area (Å²) < 4.78 is 19.4. The maximum Gasteiger partial charge on any atom is 0.409 e. The van der Waals surface area contributed by atoms with Crippen molar-refractivity contribution in [3.8, 4) is 11.5 Å². The second-order valence-electron chi connectivity index (χ2n) is 9.63. The number of benzene rings is 3. The number of carbonyl (C=O) groups is 1. The minimum absolute atomic E-state index is 0.205. The van der Waals surface area contributed by atoms with Gasteiger partial charge in [-0.05, 0) is 30.7 Å². The highest BCUT2D eigenvalue weighted by Gasteiger charge is 2.48. The predicted molar refractivity (Wildman–Crippen MR) is 134 cm³/mol. The van der Waals surface area contributed by atoms with Crippen molar-refractivity contribution in [3.05, 3.63) is 58.3 Å². The van der Waals surface area contributed by atoms with Gasteiger partial charge in [0.2, 0.25) is 5.43 Å². The van der Waals surface area contributed by atoms with Crippen LogP contribution in [0.2, 0.25) is 0 Å². The van der Waals surface area contributed by atoms with Crippen LogP contribution in [0.5, 0.6) is 11.5 Å². The molecular weight excluding hydrogens is 448 g/mol. The second kappa shape index (κ2) is 7.88. The smallest absolute Gasteiger partial charge is 0.409 e. The second-order valence-corrected chi connectivity index (χ2v) is 9.63.